The van der Waals surface area contributed by atoms with Crippen molar-refractivity contribution in [3.8, 4) is 0 Å². The van der Waals surface area contributed by atoms with E-state index in [2.05, 4.69) is 10.3 Å². The normalized spacial score (nSPS) is 10.2. The molecule has 88 valence electrons. The number of nitrogens with one attached hydrogen (secondary N) is 1. The van der Waals surface area contributed by atoms with E-state index in [1.165, 1.54) is 29.5 Å². The third-order valence-electron chi connectivity index (χ3n) is 2.17. The average molecular weight is 252 g/mol. The molecule has 4 nitrogen and oxygen atoms in total. The summed E-state index contributed by atoms with van der Waals surface area (Å²) in [5.41, 5.74) is 1.60. The smallest absolute Gasteiger partial charge is 0.337 e. The Bertz CT molecular complexity index is 528. The Hall–Kier alpha value is -1.95. The fourth-order valence-electron chi connectivity index (χ4n) is 1.39. The summed E-state index contributed by atoms with van der Waals surface area (Å²) in [6.07, 6.45) is 1.65. The molecule has 2 aromatic rings. The average Bonchev–Trinajstić information content (AvgIpc) is 2.80. The van der Waals surface area contributed by atoms with Crippen LogP contribution >= 0.6 is 11.3 Å². The van der Waals surface area contributed by atoms with Crippen LogP contribution in [0, 0.1) is 5.82 Å². The van der Waals surface area contributed by atoms with Crippen molar-refractivity contribution in [2.45, 2.75) is 6.54 Å². The number of hydrogen-bond donors (Lipinski definition) is 2. The molecule has 0 unspecified atom stereocenters. The van der Waals surface area contributed by atoms with E-state index in [4.69, 9.17) is 5.11 Å². The van der Waals surface area contributed by atoms with Gasteiger partial charge in [0.1, 0.15) is 5.82 Å². The number of hydrogen-bond acceptors (Lipinski definition) is 4. The highest BCUT2D eigenvalue weighted by molar-refractivity contribution is 7.09. The second-order valence-corrected chi connectivity index (χ2v) is 4.26. The fraction of sp³-hybridized carbons (Fsp3) is 0.0909. The number of para-hydroxylation sites is 1. The highest BCUT2D eigenvalue weighted by atomic mass is 32.1. The molecule has 2 N–H and O–H groups in total. The summed E-state index contributed by atoms with van der Waals surface area (Å²) in [5.74, 6) is -1.73. The van der Waals surface area contributed by atoms with E-state index in [9.17, 15) is 9.18 Å². The summed E-state index contributed by atoms with van der Waals surface area (Å²) < 4.78 is 13.5. The monoisotopic (exact) mass is 252 g/mol. The third kappa shape index (κ3) is 2.59. The molecule has 0 amide bonds. The van der Waals surface area contributed by atoms with Crippen LogP contribution < -0.4 is 5.32 Å². The summed E-state index contributed by atoms with van der Waals surface area (Å²) in [7, 11) is 0. The molecule has 1 aromatic heterocycles. The molecule has 0 aliphatic heterocycles. The maximum Gasteiger partial charge on any atom is 0.337 e. The number of carbonyl (C=O) groups is 1. The van der Waals surface area contributed by atoms with E-state index < -0.39 is 11.8 Å². The van der Waals surface area contributed by atoms with E-state index >= 15 is 0 Å². The number of anilines is 1. The molecule has 0 saturated carbocycles. The van der Waals surface area contributed by atoms with E-state index in [0.29, 0.717) is 6.54 Å². The lowest BCUT2D eigenvalue weighted by Gasteiger charge is -2.09. The maximum atomic E-state index is 13.5. The number of nitrogens with zero attached hydrogens (tertiary/aromatic N) is 1. The molecular weight excluding hydrogens is 243 g/mol. The minimum Gasteiger partial charge on any atom is -0.478 e. The van der Waals surface area contributed by atoms with Crippen molar-refractivity contribution in [2.24, 2.45) is 0 Å². The highest BCUT2D eigenvalue weighted by Gasteiger charge is 2.13. The number of carboxylic acid groups (broad SMARTS) is 1. The molecule has 0 saturated heterocycles. The van der Waals surface area contributed by atoms with Crippen LogP contribution in [-0.2, 0) is 6.54 Å². The molecular formula is C11H9FN2O2S. The van der Waals surface area contributed by atoms with Gasteiger partial charge in [0.2, 0.25) is 0 Å². The lowest BCUT2D eigenvalue weighted by atomic mass is 10.1. The molecule has 6 heteroatoms. The number of rotatable bonds is 4. The molecule has 0 atom stereocenters. The van der Waals surface area contributed by atoms with Gasteiger partial charge < -0.3 is 10.4 Å². The van der Waals surface area contributed by atoms with Gasteiger partial charge >= 0.3 is 5.97 Å². The fourth-order valence-corrected chi connectivity index (χ4v) is 1.92. The lowest BCUT2D eigenvalue weighted by molar-refractivity contribution is 0.0697. The zero-order valence-corrected chi connectivity index (χ0v) is 9.50. The summed E-state index contributed by atoms with van der Waals surface area (Å²) in [5, 5.41) is 11.7. The Morgan fingerprint density at radius 1 is 1.53 bits per heavy atom. The van der Waals surface area contributed by atoms with Gasteiger partial charge in [-0.1, -0.05) is 6.07 Å². The first-order valence-corrected chi connectivity index (χ1v) is 5.69. The SMILES string of the molecule is O=C(O)c1cccc(F)c1NCc1cncs1. The highest BCUT2D eigenvalue weighted by Crippen LogP contribution is 2.21. The minimum absolute atomic E-state index is 0.00778. The summed E-state index contributed by atoms with van der Waals surface area (Å²) in [6, 6.07) is 3.96. The Kier molecular flexibility index (Phi) is 3.34. The van der Waals surface area contributed by atoms with Gasteiger partial charge in [-0.05, 0) is 12.1 Å². The van der Waals surface area contributed by atoms with Gasteiger partial charge in [0.15, 0.2) is 0 Å². The predicted octanol–water partition coefficient (Wildman–Crippen LogP) is 2.59. The lowest BCUT2D eigenvalue weighted by Crippen LogP contribution is -2.07. The van der Waals surface area contributed by atoms with Gasteiger partial charge in [-0.2, -0.15) is 0 Å². The van der Waals surface area contributed by atoms with Crippen molar-refractivity contribution in [1.82, 2.24) is 4.98 Å². The van der Waals surface area contributed by atoms with Gasteiger partial charge in [0.25, 0.3) is 0 Å². The Labute approximate surface area is 101 Å². The molecule has 0 bridgehead atoms. The van der Waals surface area contributed by atoms with Crippen molar-refractivity contribution in [3.63, 3.8) is 0 Å². The maximum absolute atomic E-state index is 13.5. The van der Waals surface area contributed by atoms with Crippen LogP contribution in [0.4, 0.5) is 10.1 Å². The largest absolute Gasteiger partial charge is 0.478 e. The molecule has 0 radical (unpaired) electrons. The summed E-state index contributed by atoms with van der Waals surface area (Å²) in [6.45, 7) is 0.353. The molecule has 0 spiro atoms. The molecule has 1 heterocycles. The van der Waals surface area contributed by atoms with E-state index in [1.54, 1.807) is 11.7 Å². The van der Waals surface area contributed by atoms with Crippen LogP contribution in [0.1, 0.15) is 15.2 Å². The first kappa shape index (κ1) is 11.5. The van der Waals surface area contributed by atoms with Crippen molar-refractivity contribution in [3.05, 3.63) is 46.2 Å². The number of aromatic nitrogens is 1. The van der Waals surface area contributed by atoms with Crippen LogP contribution in [-0.4, -0.2) is 16.1 Å². The summed E-state index contributed by atoms with van der Waals surface area (Å²) in [4.78, 5) is 15.7. The van der Waals surface area contributed by atoms with Gasteiger partial charge in [-0.25, -0.2) is 9.18 Å². The molecule has 0 aliphatic carbocycles. The molecule has 1 aromatic carbocycles. The predicted molar refractivity (Wildman–Crippen MR) is 62.8 cm³/mol. The second kappa shape index (κ2) is 4.92. The Balaban J connectivity index is 2.22. The molecule has 0 aliphatic rings. The molecule has 0 fully saturated rings. The summed E-state index contributed by atoms with van der Waals surface area (Å²) >= 11 is 1.42. The van der Waals surface area contributed by atoms with Crippen LogP contribution in [0.5, 0.6) is 0 Å². The number of halogens is 1. The van der Waals surface area contributed by atoms with Crippen molar-refractivity contribution in [1.29, 1.82) is 0 Å². The standard InChI is InChI=1S/C11H9FN2O2S/c12-9-3-1-2-8(11(15)16)10(9)14-5-7-4-13-6-17-7/h1-4,6,14H,5H2,(H,15,16). The quantitative estimate of drug-likeness (QED) is 0.878. The topological polar surface area (TPSA) is 62.2 Å². The first-order chi connectivity index (χ1) is 8.18. The van der Waals surface area contributed by atoms with E-state index in [-0.39, 0.29) is 11.3 Å². The van der Waals surface area contributed by atoms with E-state index in [1.807, 2.05) is 0 Å². The zero-order valence-electron chi connectivity index (χ0n) is 8.68. The number of carboxylic acids is 1. The van der Waals surface area contributed by atoms with Gasteiger partial charge in [-0.3, -0.25) is 4.98 Å². The van der Waals surface area contributed by atoms with Crippen molar-refractivity contribution >= 4 is 23.0 Å². The van der Waals surface area contributed by atoms with Crippen LogP contribution in [0.15, 0.2) is 29.9 Å². The first-order valence-electron chi connectivity index (χ1n) is 4.81. The molecule has 17 heavy (non-hydrogen) atoms. The number of aromatic carboxylic acids is 1. The van der Waals surface area contributed by atoms with Gasteiger partial charge in [0, 0.05) is 11.1 Å². The van der Waals surface area contributed by atoms with Gasteiger partial charge in [0.05, 0.1) is 23.3 Å². The van der Waals surface area contributed by atoms with Crippen LogP contribution in [0.25, 0.3) is 0 Å². The second-order valence-electron chi connectivity index (χ2n) is 3.29. The number of thiazole rings is 1. The number of benzene rings is 1. The Morgan fingerprint density at radius 3 is 3.00 bits per heavy atom. The third-order valence-corrected chi connectivity index (χ3v) is 2.95. The minimum atomic E-state index is -1.16. The molecule has 2 rings (SSSR count). The van der Waals surface area contributed by atoms with Crippen molar-refractivity contribution < 1.29 is 14.3 Å². The van der Waals surface area contributed by atoms with Gasteiger partial charge in [-0.15, -0.1) is 11.3 Å². The van der Waals surface area contributed by atoms with Crippen molar-refractivity contribution in [2.75, 3.05) is 5.32 Å². The van der Waals surface area contributed by atoms with Crippen LogP contribution in [0.3, 0.4) is 0 Å². The van der Waals surface area contributed by atoms with Crippen LogP contribution in [0.2, 0.25) is 0 Å². The van der Waals surface area contributed by atoms with E-state index in [0.717, 1.165) is 4.88 Å². The zero-order chi connectivity index (χ0) is 12.3. The Morgan fingerprint density at radius 2 is 2.35 bits per heavy atom.